The molecule has 0 radical (unpaired) electrons. The lowest BCUT2D eigenvalue weighted by Crippen LogP contribution is -2.44. The Balaban J connectivity index is 1.45. The van der Waals surface area contributed by atoms with Crippen LogP contribution in [0.2, 0.25) is 0 Å². The largest absolute Gasteiger partial charge is 0.380 e. The highest BCUT2D eigenvalue weighted by molar-refractivity contribution is 7.84. The van der Waals surface area contributed by atoms with Crippen LogP contribution in [-0.4, -0.2) is 63.9 Å². The molecule has 2 aromatic carbocycles. The van der Waals surface area contributed by atoms with Crippen LogP contribution >= 0.6 is 0 Å². The second-order valence-electron chi connectivity index (χ2n) is 7.82. The van der Waals surface area contributed by atoms with Gasteiger partial charge in [-0.15, -0.1) is 0 Å². The lowest BCUT2D eigenvalue weighted by Gasteiger charge is -2.34. The van der Waals surface area contributed by atoms with Crippen molar-refractivity contribution in [2.75, 3.05) is 44.7 Å². The zero-order valence-electron chi connectivity index (χ0n) is 17.0. The molecule has 160 valence electrons. The molecule has 0 atom stereocenters. The van der Waals surface area contributed by atoms with Gasteiger partial charge in [-0.2, -0.15) is 13.6 Å². The third-order valence-corrected chi connectivity index (χ3v) is 6.10. The number of nitrogens with zero attached hydrogens (tertiary/aromatic N) is 3. The van der Waals surface area contributed by atoms with Gasteiger partial charge >= 0.3 is 10.3 Å². The number of fused-ring (bicyclic) bond motifs is 1. The van der Waals surface area contributed by atoms with E-state index in [1.165, 1.54) is 0 Å². The number of carbonyl (C=O) groups excluding carboxylic acids is 1. The van der Waals surface area contributed by atoms with Crippen molar-refractivity contribution in [3.05, 3.63) is 59.2 Å². The quantitative estimate of drug-likeness (QED) is 0.784. The fourth-order valence-corrected chi connectivity index (χ4v) is 4.33. The molecule has 1 fully saturated rings. The SMILES string of the molecule is CN1CCN(c2ccc(C(=O)N3CCc4ccc(OS(N)(=O)=O)cc4C3)cc2)CC1. The van der Waals surface area contributed by atoms with Crippen molar-refractivity contribution in [3.8, 4) is 5.75 Å². The summed E-state index contributed by atoms with van der Waals surface area (Å²) < 4.78 is 27.1. The lowest BCUT2D eigenvalue weighted by atomic mass is 9.99. The molecule has 30 heavy (non-hydrogen) atoms. The summed E-state index contributed by atoms with van der Waals surface area (Å²) in [7, 11) is -1.96. The Morgan fingerprint density at radius 1 is 0.967 bits per heavy atom. The van der Waals surface area contributed by atoms with Gasteiger partial charge in [-0.1, -0.05) is 6.07 Å². The number of anilines is 1. The Hall–Kier alpha value is -2.62. The van der Waals surface area contributed by atoms with Gasteiger partial charge in [0, 0.05) is 50.5 Å². The molecule has 1 amide bonds. The van der Waals surface area contributed by atoms with Crippen molar-refractivity contribution in [3.63, 3.8) is 0 Å². The molecule has 0 unspecified atom stereocenters. The van der Waals surface area contributed by atoms with E-state index < -0.39 is 10.3 Å². The monoisotopic (exact) mass is 430 g/mol. The van der Waals surface area contributed by atoms with Crippen molar-refractivity contribution in [2.45, 2.75) is 13.0 Å². The van der Waals surface area contributed by atoms with Crippen molar-refractivity contribution < 1.29 is 17.4 Å². The average molecular weight is 431 g/mol. The molecular formula is C21H26N4O4S. The highest BCUT2D eigenvalue weighted by Gasteiger charge is 2.23. The predicted octanol–water partition coefficient (Wildman–Crippen LogP) is 1.22. The Morgan fingerprint density at radius 2 is 1.67 bits per heavy atom. The number of benzene rings is 2. The molecule has 0 saturated carbocycles. The van der Waals surface area contributed by atoms with Crippen LogP contribution in [0.25, 0.3) is 0 Å². The molecule has 4 rings (SSSR count). The van der Waals surface area contributed by atoms with Crippen molar-refractivity contribution >= 4 is 21.9 Å². The second kappa shape index (κ2) is 8.25. The Kier molecular flexibility index (Phi) is 5.68. The molecule has 2 heterocycles. The van der Waals surface area contributed by atoms with Crippen LogP contribution in [0.15, 0.2) is 42.5 Å². The normalized spacial score (nSPS) is 17.5. The number of hydrogen-bond donors (Lipinski definition) is 1. The highest BCUT2D eigenvalue weighted by atomic mass is 32.2. The van der Waals surface area contributed by atoms with Crippen LogP contribution in [-0.2, 0) is 23.3 Å². The topological polar surface area (TPSA) is 96.2 Å². The summed E-state index contributed by atoms with van der Waals surface area (Å²) in [6.45, 7) is 5.04. The van der Waals surface area contributed by atoms with Crippen LogP contribution in [0.5, 0.6) is 5.75 Å². The number of nitrogens with two attached hydrogens (primary N) is 1. The zero-order valence-corrected chi connectivity index (χ0v) is 17.8. The van der Waals surface area contributed by atoms with Crippen LogP contribution in [0.3, 0.4) is 0 Å². The molecule has 0 spiro atoms. The van der Waals surface area contributed by atoms with E-state index in [1.807, 2.05) is 30.3 Å². The van der Waals surface area contributed by atoms with Crippen LogP contribution in [0.1, 0.15) is 21.5 Å². The number of piperazine rings is 1. The number of hydrogen-bond acceptors (Lipinski definition) is 6. The number of rotatable bonds is 4. The maximum Gasteiger partial charge on any atom is 0.380 e. The molecule has 9 heteroatoms. The van der Waals surface area contributed by atoms with E-state index in [1.54, 1.807) is 17.0 Å². The summed E-state index contributed by atoms with van der Waals surface area (Å²) in [5, 5.41) is 4.95. The maximum atomic E-state index is 13.0. The van der Waals surface area contributed by atoms with E-state index in [0.29, 0.717) is 25.1 Å². The molecule has 8 nitrogen and oxygen atoms in total. The molecule has 0 aromatic heterocycles. The van der Waals surface area contributed by atoms with Gasteiger partial charge in [0.1, 0.15) is 5.75 Å². The van der Waals surface area contributed by atoms with E-state index in [9.17, 15) is 13.2 Å². The molecule has 2 aromatic rings. The number of carbonyl (C=O) groups is 1. The summed E-state index contributed by atoms with van der Waals surface area (Å²) in [4.78, 5) is 19.4. The summed E-state index contributed by atoms with van der Waals surface area (Å²) in [6, 6.07) is 12.8. The van der Waals surface area contributed by atoms with E-state index in [0.717, 1.165) is 43.0 Å². The van der Waals surface area contributed by atoms with Crippen molar-refractivity contribution in [1.29, 1.82) is 0 Å². The standard InChI is InChI=1S/C21H26N4O4S/c1-23-10-12-24(13-11-23)19-5-2-17(3-6-19)21(26)25-9-8-16-4-7-20(14-18(16)15-25)29-30(22,27)28/h2-7,14H,8-13,15H2,1H3,(H2,22,27,28). The molecule has 0 bridgehead atoms. The van der Waals surface area contributed by atoms with E-state index in [-0.39, 0.29) is 11.7 Å². The zero-order chi connectivity index (χ0) is 21.3. The maximum absolute atomic E-state index is 13.0. The van der Waals surface area contributed by atoms with Gasteiger partial charge in [-0.25, -0.2) is 0 Å². The first-order valence-corrected chi connectivity index (χ1v) is 11.4. The first-order chi connectivity index (χ1) is 14.3. The molecule has 0 aliphatic carbocycles. The summed E-state index contributed by atoms with van der Waals surface area (Å²) in [5.74, 6) is 0.116. The Bertz CT molecular complexity index is 1030. The van der Waals surface area contributed by atoms with Gasteiger partial charge in [-0.05, 0) is 61.0 Å². The molecule has 2 N–H and O–H groups in total. The minimum Gasteiger partial charge on any atom is -0.371 e. The predicted molar refractivity (Wildman–Crippen MR) is 115 cm³/mol. The van der Waals surface area contributed by atoms with Gasteiger partial charge in [0.2, 0.25) is 0 Å². The van der Waals surface area contributed by atoms with Crippen LogP contribution in [0.4, 0.5) is 5.69 Å². The second-order valence-corrected chi connectivity index (χ2v) is 8.97. The lowest BCUT2D eigenvalue weighted by molar-refractivity contribution is 0.0734. The van der Waals surface area contributed by atoms with Crippen LogP contribution in [0, 0.1) is 0 Å². The van der Waals surface area contributed by atoms with E-state index >= 15 is 0 Å². The third kappa shape index (κ3) is 4.75. The molecule has 2 aliphatic rings. The van der Waals surface area contributed by atoms with Gasteiger partial charge in [0.15, 0.2) is 0 Å². The summed E-state index contributed by atoms with van der Waals surface area (Å²) in [6.07, 6.45) is 0.704. The van der Waals surface area contributed by atoms with Gasteiger partial charge in [0.05, 0.1) is 0 Å². The number of amides is 1. The Labute approximate surface area is 177 Å². The smallest absolute Gasteiger partial charge is 0.371 e. The fourth-order valence-electron chi connectivity index (χ4n) is 3.95. The van der Waals surface area contributed by atoms with E-state index in [2.05, 4.69) is 16.8 Å². The first-order valence-electron chi connectivity index (χ1n) is 9.95. The van der Waals surface area contributed by atoms with Gasteiger partial charge in [0.25, 0.3) is 5.91 Å². The van der Waals surface area contributed by atoms with Gasteiger partial charge < -0.3 is 18.9 Å². The molecule has 2 aliphatic heterocycles. The van der Waals surface area contributed by atoms with Gasteiger partial charge in [-0.3, -0.25) is 4.79 Å². The first kappa shape index (κ1) is 20.6. The van der Waals surface area contributed by atoms with Crippen molar-refractivity contribution in [1.82, 2.24) is 9.80 Å². The number of likely N-dealkylation sites (N-methyl/N-ethyl adjacent to an activating group) is 1. The third-order valence-electron chi connectivity index (χ3n) is 5.67. The average Bonchev–Trinajstić information content (AvgIpc) is 2.72. The summed E-state index contributed by atoms with van der Waals surface area (Å²) >= 11 is 0. The molecule has 1 saturated heterocycles. The fraction of sp³-hybridized carbons (Fsp3) is 0.381. The highest BCUT2D eigenvalue weighted by Crippen LogP contribution is 2.26. The molecular weight excluding hydrogens is 404 g/mol. The Morgan fingerprint density at radius 3 is 2.33 bits per heavy atom. The minimum absolute atomic E-state index is 0.0386. The summed E-state index contributed by atoms with van der Waals surface area (Å²) in [5.41, 5.74) is 3.72. The van der Waals surface area contributed by atoms with E-state index in [4.69, 9.17) is 9.32 Å². The van der Waals surface area contributed by atoms with Crippen LogP contribution < -0.4 is 14.2 Å². The minimum atomic E-state index is -4.08. The van der Waals surface area contributed by atoms with Crippen molar-refractivity contribution in [2.24, 2.45) is 5.14 Å².